The minimum Gasteiger partial charge on any atom is -0.374 e. The molecule has 2 aliphatic heterocycles. The average Bonchev–Trinajstić information content (AvgIpc) is 2.81. The summed E-state index contributed by atoms with van der Waals surface area (Å²) >= 11 is 0. The molecule has 3 unspecified atom stereocenters. The Kier molecular flexibility index (Phi) is 3.57. The van der Waals surface area contributed by atoms with Crippen LogP contribution in [0.15, 0.2) is 35.7 Å². The lowest BCUT2D eigenvalue weighted by atomic mass is 9.73. The van der Waals surface area contributed by atoms with Crippen molar-refractivity contribution in [2.24, 2.45) is 11.8 Å². The molecule has 0 fully saturated rings. The molecule has 3 nitrogen and oxygen atoms in total. The molecule has 1 amide bonds. The van der Waals surface area contributed by atoms with Gasteiger partial charge in [-0.1, -0.05) is 12.2 Å². The van der Waals surface area contributed by atoms with Crippen molar-refractivity contribution in [2.45, 2.75) is 37.9 Å². The molecular weight excluding hydrogens is 293 g/mol. The number of nitrogens with zero attached hydrogens (tertiary/aromatic N) is 1. The normalized spacial score (nSPS) is 31.5. The zero-order valence-corrected chi connectivity index (χ0v) is 12.4. The highest BCUT2D eigenvalue weighted by atomic mass is 19.4. The zero-order valence-electron chi connectivity index (χ0n) is 12.4. The van der Waals surface area contributed by atoms with E-state index in [1.165, 1.54) is 0 Å². The molecule has 0 radical (unpaired) electrons. The van der Waals surface area contributed by atoms with Crippen LogP contribution in [-0.2, 0) is 4.79 Å². The molecule has 0 saturated heterocycles. The van der Waals surface area contributed by atoms with Crippen LogP contribution < -0.4 is 5.32 Å². The van der Waals surface area contributed by atoms with Crippen LogP contribution in [0.4, 0.5) is 13.2 Å². The van der Waals surface area contributed by atoms with E-state index in [2.05, 4.69) is 11.9 Å². The van der Waals surface area contributed by atoms with E-state index in [0.29, 0.717) is 18.5 Å². The minimum absolute atomic E-state index is 0.0208. The molecule has 0 bridgehead atoms. The minimum atomic E-state index is -4.31. The molecule has 1 N–H and O–H groups in total. The van der Waals surface area contributed by atoms with E-state index in [0.717, 1.165) is 5.70 Å². The summed E-state index contributed by atoms with van der Waals surface area (Å²) in [6.45, 7) is 3.70. The average molecular weight is 312 g/mol. The second-order valence-electron chi connectivity index (χ2n) is 6.20. The number of halogens is 3. The van der Waals surface area contributed by atoms with E-state index >= 15 is 0 Å². The van der Waals surface area contributed by atoms with E-state index in [1.54, 1.807) is 6.08 Å². The van der Waals surface area contributed by atoms with E-state index in [4.69, 9.17) is 0 Å². The number of allylic oxidation sites excluding steroid dienone is 2. The fraction of sp³-hybridized carbons (Fsp3) is 0.562. The van der Waals surface area contributed by atoms with Crippen LogP contribution in [0, 0.1) is 11.8 Å². The predicted molar refractivity (Wildman–Crippen MR) is 76.5 cm³/mol. The molecule has 0 aromatic rings. The largest absolute Gasteiger partial charge is 0.395 e. The number of carbonyl (C=O) groups excluding carboxylic acids is 1. The van der Waals surface area contributed by atoms with Crippen LogP contribution >= 0.6 is 0 Å². The van der Waals surface area contributed by atoms with Crippen LogP contribution in [0.3, 0.4) is 0 Å². The van der Waals surface area contributed by atoms with Gasteiger partial charge in [0.2, 0.25) is 5.91 Å². The summed E-state index contributed by atoms with van der Waals surface area (Å²) in [6, 6.07) is -0.233. The molecule has 1 aliphatic carbocycles. The Morgan fingerprint density at radius 3 is 2.86 bits per heavy atom. The molecule has 0 saturated carbocycles. The lowest BCUT2D eigenvalue weighted by Gasteiger charge is -2.46. The molecule has 2 heterocycles. The summed E-state index contributed by atoms with van der Waals surface area (Å²) in [7, 11) is 1.84. The van der Waals surface area contributed by atoms with Crippen LogP contribution in [0.5, 0.6) is 0 Å². The Morgan fingerprint density at radius 1 is 1.50 bits per heavy atom. The number of alkyl halides is 3. The third-order valence-electron chi connectivity index (χ3n) is 5.01. The quantitative estimate of drug-likeness (QED) is 0.795. The fourth-order valence-electron chi connectivity index (χ4n) is 3.95. The lowest BCUT2D eigenvalue weighted by molar-refractivity contribution is -0.172. The summed E-state index contributed by atoms with van der Waals surface area (Å²) in [5.74, 6) is -1.89. The van der Waals surface area contributed by atoms with Crippen molar-refractivity contribution in [1.82, 2.24) is 10.2 Å². The monoisotopic (exact) mass is 312 g/mol. The predicted octanol–water partition coefficient (Wildman–Crippen LogP) is 3.12. The second-order valence-corrected chi connectivity index (χ2v) is 6.20. The van der Waals surface area contributed by atoms with Gasteiger partial charge in [0.25, 0.3) is 0 Å². The Bertz CT molecular complexity index is 576. The maximum atomic E-state index is 13.4. The molecule has 22 heavy (non-hydrogen) atoms. The third-order valence-corrected chi connectivity index (χ3v) is 5.01. The standard InChI is InChI=1S/C16H19F3N2O/c1-3-4-9-5-6-10-13(21(9)2)8-12(16(17,18)19)11-7-14(22)20-15(10)11/h3,5,10,12-13H,1,4,6-8H2,2H3,(H,20,22). The van der Waals surface area contributed by atoms with Gasteiger partial charge in [0, 0.05) is 36.8 Å². The van der Waals surface area contributed by atoms with E-state index < -0.39 is 12.1 Å². The highest BCUT2D eigenvalue weighted by molar-refractivity contribution is 5.84. The van der Waals surface area contributed by atoms with Crippen molar-refractivity contribution in [3.05, 3.63) is 35.7 Å². The topological polar surface area (TPSA) is 32.3 Å². The first kappa shape index (κ1) is 15.2. The number of amides is 1. The van der Waals surface area contributed by atoms with Gasteiger partial charge in [0.1, 0.15) is 0 Å². The number of rotatable bonds is 2. The Hall–Kier alpha value is -1.72. The first-order chi connectivity index (χ1) is 10.3. The maximum Gasteiger partial charge on any atom is 0.395 e. The molecule has 0 spiro atoms. The first-order valence-electron chi connectivity index (χ1n) is 7.45. The van der Waals surface area contributed by atoms with Crippen LogP contribution in [0.2, 0.25) is 0 Å². The van der Waals surface area contributed by atoms with Crippen LogP contribution in [0.25, 0.3) is 0 Å². The number of hydrogen-bond donors (Lipinski definition) is 1. The van der Waals surface area contributed by atoms with Gasteiger partial charge in [-0.2, -0.15) is 13.2 Å². The smallest absolute Gasteiger partial charge is 0.374 e. The van der Waals surface area contributed by atoms with E-state index in [9.17, 15) is 18.0 Å². The van der Waals surface area contributed by atoms with Crippen molar-refractivity contribution in [1.29, 1.82) is 0 Å². The van der Waals surface area contributed by atoms with Crippen molar-refractivity contribution >= 4 is 5.91 Å². The molecule has 0 aromatic heterocycles. The van der Waals surface area contributed by atoms with Gasteiger partial charge >= 0.3 is 6.18 Å². The highest BCUT2D eigenvalue weighted by Crippen LogP contribution is 2.49. The summed E-state index contributed by atoms with van der Waals surface area (Å²) in [6.07, 6.45) is 0.720. The van der Waals surface area contributed by atoms with Crippen LogP contribution in [-0.4, -0.2) is 30.1 Å². The summed E-state index contributed by atoms with van der Waals surface area (Å²) in [5.41, 5.74) is 1.78. The van der Waals surface area contributed by atoms with Gasteiger partial charge in [-0.05, 0) is 18.4 Å². The third kappa shape index (κ3) is 2.34. The van der Waals surface area contributed by atoms with Crippen molar-refractivity contribution in [3.63, 3.8) is 0 Å². The number of nitrogens with one attached hydrogen (secondary N) is 1. The molecule has 120 valence electrons. The molecule has 6 heteroatoms. The Balaban J connectivity index is 1.99. The molecule has 3 atom stereocenters. The number of carbonyl (C=O) groups is 1. The van der Waals surface area contributed by atoms with Crippen molar-refractivity contribution in [3.8, 4) is 0 Å². The highest BCUT2D eigenvalue weighted by Gasteiger charge is 2.52. The summed E-state index contributed by atoms with van der Waals surface area (Å²) < 4.78 is 40.2. The Labute approximate surface area is 127 Å². The second kappa shape index (κ2) is 5.18. The van der Waals surface area contributed by atoms with Gasteiger partial charge in [-0.3, -0.25) is 4.79 Å². The van der Waals surface area contributed by atoms with Crippen molar-refractivity contribution < 1.29 is 18.0 Å². The van der Waals surface area contributed by atoms with Gasteiger partial charge in [0.05, 0.1) is 12.3 Å². The number of fused-ring (bicyclic) bond motifs is 2. The van der Waals surface area contributed by atoms with Crippen LogP contribution in [0.1, 0.15) is 25.7 Å². The first-order valence-corrected chi connectivity index (χ1v) is 7.45. The van der Waals surface area contributed by atoms with Crippen molar-refractivity contribution in [2.75, 3.05) is 7.05 Å². The summed E-state index contributed by atoms with van der Waals surface area (Å²) in [4.78, 5) is 13.6. The number of hydrogen-bond acceptors (Lipinski definition) is 2. The van der Waals surface area contributed by atoms with Gasteiger partial charge in [-0.15, -0.1) is 6.58 Å². The van der Waals surface area contributed by atoms with Gasteiger partial charge in [-0.25, -0.2) is 0 Å². The van der Waals surface area contributed by atoms with E-state index in [-0.39, 0.29) is 36.3 Å². The molecule has 3 aliphatic rings. The molecule has 3 rings (SSSR count). The van der Waals surface area contributed by atoms with Gasteiger partial charge in [0.15, 0.2) is 0 Å². The molecular formula is C16H19F3N2O. The van der Waals surface area contributed by atoms with E-state index in [1.807, 2.05) is 18.0 Å². The zero-order chi connectivity index (χ0) is 16.1. The SMILES string of the molecule is C=CCC1=CCC2C3=C(CC(=O)N3)C(C(F)(F)F)CC2N1C. The Morgan fingerprint density at radius 2 is 2.23 bits per heavy atom. The summed E-state index contributed by atoms with van der Waals surface area (Å²) in [5, 5.41) is 2.69. The maximum absolute atomic E-state index is 13.4. The molecule has 0 aromatic carbocycles. The van der Waals surface area contributed by atoms with Gasteiger partial charge < -0.3 is 10.2 Å². The fourth-order valence-corrected chi connectivity index (χ4v) is 3.95. The lowest BCUT2D eigenvalue weighted by Crippen LogP contribution is -2.48.